The summed E-state index contributed by atoms with van der Waals surface area (Å²) < 4.78 is 1.62. The molecule has 3 rings (SSSR count). The average molecular weight is 313 g/mol. The minimum absolute atomic E-state index is 0.0788. The fraction of sp³-hybridized carbons (Fsp3) is 0.375. The molecule has 2 heterocycles. The third-order valence-electron chi connectivity index (χ3n) is 3.88. The molecule has 0 radical (unpaired) electrons. The van der Waals surface area contributed by atoms with Gasteiger partial charge in [0.05, 0.1) is 6.54 Å². The quantitative estimate of drug-likeness (QED) is 0.912. The standard InChI is InChI=1S/C16H19N5O2/c1-12-9-13(4-5-14(12)21-7-2-3-16(21)23)19-15(22)6-8-20-11-17-10-18-20/h4-5,9-11H,2-3,6-8H2,1H3,(H,19,22). The Kier molecular flexibility index (Phi) is 4.36. The molecule has 120 valence electrons. The van der Waals surface area contributed by atoms with Gasteiger partial charge in [0.15, 0.2) is 0 Å². The van der Waals surface area contributed by atoms with Crippen molar-refractivity contribution in [3.05, 3.63) is 36.4 Å². The molecule has 1 saturated heterocycles. The third kappa shape index (κ3) is 3.56. The Morgan fingerprint density at radius 2 is 2.26 bits per heavy atom. The van der Waals surface area contributed by atoms with Crippen molar-refractivity contribution in [3.8, 4) is 0 Å². The number of carbonyl (C=O) groups excluding carboxylic acids is 2. The maximum atomic E-state index is 12.0. The van der Waals surface area contributed by atoms with Gasteiger partial charge in [0, 0.05) is 30.8 Å². The molecule has 1 aliphatic rings. The number of amides is 2. The highest BCUT2D eigenvalue weighted by atomic mass is 16.2. The van der Waals surface area contributed by atoms with Gasteiger partial charge in [-0.3, -0.25) is 14.3 Å². The van der Waals surface area contributed by atoms with E-state index in [4.69, 9.17) is 0 Å². The lowest BCUT2D eigenvalue weighted by atomic mass is 10.1. The van der Waals surface area contributed by atoms with Crippen molar-refractivity contribution in [2.45, 2.75) is 32.7 Å². The van der Waals surface area contributed by atoms with Gasteiger partial charge >= 0.3 is 0 Å². The Balaban J connectivity index is 1.61. The molecule has 23 heavy (non-hydrogen) atoms. The van der Waals surface area contributed by atoms with E-state index in [1.54, 1.807) is 11.0 Å². The largest absolute Gasteiger partial charge is 0.326 e. The van der Waals surface area contributed by atoms with Crippen molar-refractivity contribution in [1.29, 1.82) is 0 Å². The lowest BCUT2D eigenvalue weighted by Gasteiger charge is -2.19. The third-order valence-corrected chi connectivity index (χ3v) is 3.88. The van der Waals surface area contributed by atoms with E-state index in [0.29, 0.717) is 19.4 Å². The molecule has 2 aromatic rings. The molecular weight excluding hydrogens is 294 g/mol. The molecule has 2 amide bonds. The summed E-state index contributed by atoms with van der Waals surface area (Å²) in [5, 5.41) is 6.83. The molecule has 7 heteroatoms. The van der Waals surface area contributed by atoms with E-state index < -0.39 is 0 Å². The Hall–Kier alpha value is -2.70. The first-order valence-corrected chi connectivity index (χ1v) is 7.67. The number of rotatable bonds is 5. The molecule has 0 atom stereocenters. The zero-order valence-electron chi connectivity index (χ0n) is 13.0. The van der Waals surface area contributed by atoms with Gasteiger partial charge in [-0.25, -0.2) is 4.98 Å². The molecular formula is C16H19N5O2. The summed E-state index contributed by atoms with van der Waals surface area (Å²) in [4.78, 5) is 29.5. The average Bonchev–Trinajstić information content (AvgIpc) is 3.17. The number of aryl methyl sites for hydroxylation is 2. The molecule has 0 aliphatic carbocycles. The van der Waals surface area contributed by atoms with Crippen LogP contribution in [0.25, 0.3) is 0 Å². The summed E-state index contributed by atoms with van der Waals surface area (Å²) in [5.74, 6) is 0.0858. The number of carbonyl (C=O) groups is 2. The number of anilines is 2. The van der Waals surface area contributed by atoms with Crippen LogP contribution >= 0.6 is 0 Å². The van der Waals surface area contributed by atoms with Crippen LogP contribution in [-0.2, 0) is 16.1 Å². The lowest BCUT2D eigenvalue weighted by Crippen LogP contribution is -2.24. The normalized spacial score (nSPS) is 14.3. The second-order valence-electron chi connectivity index (χ2n) is 5.61. The van der Waals surface area contributed by atoms with Gasteiger partial charge in [0.25, 0.3) is 0 Å². The monoisotopic (exact) mass is 313 g/mol. The smallest absolute Gasteiger partial charge is 0.227 e. The lowest BCUT2D eigenvalue weighted by molar-refractivity contribution is -0.117. The number of benzene rings is 1. The summed E-state index contributed by atoms with van der Waals surface area (Å²) in [6.07, 6.45) is 4.87. The van der Waals surface area contributed by atoms with Crippen LogP contribution in [0.15, 0.2) is 30.9 Å². The van der Waals surface area contributed by atoms with E-state index in [1.165, 1.54) is 6.33 Å². The van der Waals surface area contributed by atoms with Crippen LogP contribution in [0, 0.1) is 6.92 Å². The van der Waals surface area contributed by atoms with Crippen molar-refractivity contribution < 1.29 is 9.59 Å². The Bertz CT molecular complexity index is 711. The SMILES string of the molecule is Cc1cc(NC(=O)CCn2cncn2)ccc1N1CCCC1=O. The Labute approximate surface area is 134 Å². The molecule has 0 spiro atoms. The molecule has 7 nitrogen and oxygen atoms in total. The van der Waals surface area contributed by atoms with Gasteiger partial charge in [-0.1, -0.05) is 0 Å². The Morgan fingerprint density at radius 3 is 2.91 bits per heavy atom. The number of hydrogen-bond acceptors (Lipinski definition) is 4. The Morgan fingerprint density at radius 1 is 1.39 bits per heavy atom. The number of hydrogen-bond donors (Lipinski definition) is 1. The first kappa shape index (κ1) is 15.2. The predicted molar refractivity (Wildman–Crippen MR) is 86.0 cm³/mol. The van der Waals surface area contributed by atoms with Crippen LogP contribution in [0.5, 0.6) is 0 Å². The van der Waals surface area contributed by atoms with Crippen LogP contribution in [0.1, 0.15) is 24.8 Å². The molecule has 1 aliphatic heterocycles. The van der Waals surface area contributed by atoms with Gasteiger partial charge in [0.2, 0.25) is 11.8 Å². The van der Waals surface area contributed by atoms with Crippen molar-refractivity contribution >= 4 is 23.2 Å². The zero-order chi connectivity index (χ0) is 16.2. The summed E-state index contributed by atoms with van der Waals surface area (Å²) in [5.41, 5.74) is 2.64. The molecule has 1 aromatic heterocycles. The maximum absolute atomic E-state index is 12.0. The fourth-order valence-electron chi connectivity index (χ4n) is 2.73. The minimum Gasteiger partial charge on any atom is -0.326 e. The van der Waals surface area contributed by atoms with Crippen LogP contribution in [0.3, 0.4) is 0 Å². The van der Waals surface area contributed by atoms with Gasteiger partial charge in [-0.05, 0) is 37.1 Å². The van der Waals surface area contributed by atoms with Gasteiger partial charge in [0.1, 0.15) is 12.7 Å². The highest BCUT2D eigenvalue weighted by Gasteiger charge is 2.22. The summed E-state index contributed by atoms with van der Waals surface area (Å²) in [6, 6.07) is 5.63. The number of aromatic nitrogens is 3. The molecule has 1 fully saturated rings. The molecule has 0 saturated carbocycles. The van der Waals surface area contributed by atoms with Gasteiger partial charge in [-0.15, -0.1) is 0 Å². The van der Waals surface area contributed by atoms with E-state index >= 15 is 0 Å². The van der Waals surface area contributed by atoms with E-state index in [2.05, 4.69) is 15.4 Å². The second kappa shape index (κ2) is 6.60. The maximum Gasteiger partial charge on any atom is 0.227 e. The highest BCUT2D eigenvalue weighted by molar-refractivity contribution is 5.97. The molecule has 1 aromatic carbocycles. The van der Waals surface area contributed by atoms with Crippen molar-refractivity contribution in [2.75, 3.05) is 16.8 Å². The number of nitrogens with one attached hydrogen (secondary N) is 1. The van der Waals surface area contributed by atoms with Crippen LogP contribution in [0.4, 0.5) is 11.4 Å². The predicted octanol–water partition coefficient (Wildman–Crippen LogP) is 1.74. The summed E-state index contributed by atoms with van der Waals surface area (Å²) in [7, 11) is 0. The zero-order valence-corrected chi connectivity index (χ0v) is 13.0. The first-order valence-electron chi connectivity index (χ1n) is 7.67. The van der Waals surface area contributed by atoms with E-state index in [-0.39, 0.29) is 11.8 Å². The van der Waals surface area contributed by atoms with E-state index in [0.717, 1.165) is 29.9 Å². The number of nitrogens with zero attached hydrogens (tertiary/aromatic N) is 4. The minimum atomic E-state index is -0.0788. The molecule has 0 unspecified atom stereocenters. The van der Waals surface area contributed by atoms with Gasteiger partial charge < -0.3 is 10.2 Å². The van der Waals surface area contributed by atoms with Gasteiger partial charge in [-0.2, -0.15) is 5.10 Å². The highest BCUT2D eigenvalue weighted by Crippen LogP contribution is 2.27. The van der Waals surface area contributed by atoms with E-state index in [1.807, 2.05) is 30.0 Å². The first-order chi connectivity index (χ1) is 11.1. The van der Waals surface area contributed by atoms with Crippen molar-refractivity contribution in [2.24, 2.45) is 0 Å². The summed E-state index contributed by atoms with van der Waals surface area (Å²) >= 11 is 0. The summed E-state index contributed by atoms with van der Waals surface area (Å²) in [6.45, 7) is 3.21. The molecule has 0 bridgehead atoms. The van der Waals surface area contributed by atoms with Crippen molar-refractivity contribution in [1.82, 2.24) is 14.8 Å². The van der Waals surface area contributed by atoms with Crippen LogP contribution < -0.4 is 10.2 Å². The van der Waals surface area contributed by atoms with Crippen molar-refractivity contribution in [3.63, 3.8) is 0 Å². The second-order valence-corrected chi connectivity index (χ2v) is 5.61. The fourth-order valence-corrected chi connectivity index (χ4v) is 2.73. The van der Waals surface area contributed by atoms with Crippen LogP contribution in [0.2, 0.25) is 0 Å². The molecule has 1 N–H and O–H groups in total. The van der Waals surface area contributed by atoms with E-state index in [9.17, 15) is 9.59 Å². The van der Waals surface area contributed by atoms with Crippen LogP contribution in [-0.4, -0.2) is 33.1 Å². The topological polar surface area (TPSA) is 80.1 Å².